The average molecular weight is 401 g/mol. The fourth-order valence-electron chi connectivity index (χ4n) is 2.81. The number of ether oxygens (including phenoxy) is 1. The molecule has 0 saturated heterocycles. The molecule has 2 aromatic heterocycles. The standard InChI is InChI=1S/C20H25FN4O2Si/c1-28(2,3)13-12-27-14-25-19(16-8-10-22-11-9-16)18(23-20(25)24-26)15-4-6-17(21)7-5-15/h4-11,26H,12-14H2,1-3H3,(H,23,24). The third-order valence-corrected chi connectivity index (χ3v) is 6.06. The van der Waals surface area contributed by atoms with E-state index in [2.05, 4.69) is 35.1 Å². The maximum atomic E-state index is 13.4. The molecule has 148 valence electrons. The van der Waals surface area contributed by atoms with Gasteiger partial charge in [-0.3, -0.25) is 14.8 Å². The quantitative estimate of drug-likeness (QED) is 0.321. The molecule has 0 atom stereocenters. The molecule has 0 spiro atoms. The first-order valence-electron chi connectivity index (χ1n) is 9.14. The van der Waals surface area contributed by atoms with Crippen LogP contribution in [0.4, 0.5) is 10.3 Å². The molecule has 1 aromatic carbocycles. The Morgan fingerprint density at radius 3 is 2.36 bits per heavy atom. The number of hydrogen-bond acceptors (Lipinski definition) is 5. The van der Waals surface area contributed by atoms with Gasteiger partial charge in [-0.15, -0.1) is 0 Å². The summed E-state index contributed by atoms with van der Waals surface area (Å²) in [6, 6.07) is 10.9. The van der Waals surface area contributed by atoms with Gasteiger partial charge in [0.05, 0.1) is 11.4 Å². The lowest BCUT2D eigenvalue weighted by Gasteiger charge is -2.17. The van der Waals surface area contributed by atoms with E-state index in [1.807, 2.05) is 12.1 Å². The summed E-state index contributed by atoms with van der Waals surface area (Å²) in [5.74, 6) is -0.0528. The monoisotopic (exact) mass is 400 g/mol. The van der Waals surface area contributed by atoms with Crippen molar-refractivity contribution in [3.05, 3.63) is 54.6 Å². The van der Waals surface area contributed by atoms with Crippen LogP contribution in [0.25, 0.3) is 22.5 Å². The van der Waals surface area contributed by atoms with Crippen molar-refractivity contribution in [2.24, 2.45) is 0 Å². The largest absolute Gasteiger partial charge is 0.361 e. The van der Waals surface area contributed by atoms with Crippen molar-refractivity contribution in [1.29, 1.82) is 0 Å². The van der Waals surface area contributed by atoms with Crippen LogP contribution < -0.4 is 5.48 Å². The Kier molecular flexibility index (Phi) is 6.23. The van der Waals surface area contributed by atoms with Gasteiger partial charge in [-0.05, 0) is 42.4 Å². The summed E-state index contributed by atoms with van der Waals surface area (Å²) >= 11 is 0. The van der Waals surface area contributed by atoms with Gasteiger partial charge in [0.15, 0.2) is 0 Å². The third kappa shape index (κ3) is 4.83. The van der Waals surface area contributed by atoms with E-state index < -0.39 is 8.07 Å². The third-order valence-electron chi connectivity index (χ3n) is 4.36. The SMILES string of the molecule is C[Si](C)(C)CCOCn1c(NO)nc(-c2ccc(F)cc2)c1-c1ccncc1. The van der Waals surface area contributed by atoms with Crippen LogP contribution >= 0.6 is 0 Å². The summed E-state index contributed by atoms with van der Waals surface area (Å²) in [5.41, 5.74) is 5.15. The predicted molar refractivity (Wildman–Crippen MR) is 110 cm³/mol. The molecule has 0 amide bonds. The topological polar surface area (TPSA) is 72.2 Å². The first-order chi connectivity index (χ1) is 13.4. The van der Waals surface area contributed by atoms with Crippen LogP contribution in [0.15, 0.2) is 48.8 Å². The minimum Gasteiger partial charge on any atom is -0.361 e. The van der Waals surface area contributed by atoms with Crippen LogP contribution in [0.2, 0.25) is 25.7 Å². The van der Waals surface area contributed by atoms with Gasteiger partial charge < -0.3 is 4.74 Å². The minimum absolute atomic E-state index is 0.235. The normalized spacial score (nSPS) is 11.6. The number of pyridine rings is 1. The first kappa shape index (κ1) is 20.2. The predicted octanol–water partition coefficient (Wildman–Crippen LogP) is 4.86. The molecule has 3 aromatic rings. The molecule has 2 heterocycles. The van der Waals surface area contributed by atoms with Gasteiger partial charge in [0.1, 0.15) is 12.5 Å². The van der Waals surface area contributed by atoms with Crippen molar-refractivity contribution < 1.29 is 14.3 Å². The molecule has 0 aliphatic rings. The van der Waals surface area contributed by atoms with Gasteiger partial charge in [0.25, 0.3) is 0 Å². The Morgan fingerprint density at radius 1 is 1.07 bits per heavy atom. The summed E-state index contributed by atoms with van der Waals surface area (Å²) in [6.07, 6.45) is 3.39. The molecule has 0 radical (unpaired) electrons. The highest BCUT2D eigenvalue weighted by atomic mass is 28.3. The summed E-state index contributed by atoms with van der Waals surface area (Å²) in [4.78, 5) is 8.59. The number of hydrogen-bond donors (Lipinski definition) is 2. The number of imidazole rings is 1. The van der Waals surface area contributed by atoms with Gasteiger partial charge in [0, 0.05) is 38.2 Å². The average Bonchev–Trinajstić information content (AvgIpc) is 3.04. The molecule has 0 bridgehead atoms. The highest BCUT2D eigenvalue weighted by Gasteiger charge is 2.20. The van der Waals surface area contributed by atoms with E-state index in [-0.39, 0.29) is 18.5 Å². The Balaban J connectivity index is 2.01. The lowest BCUT2D eigenvalue weighted by molar-refractivity contribution is 0.0885. The molecule has 28 heavy (non-hydrogen) atoms. The molecule has 0 saturated carbocycles. The Bertz CT molecular complexity index is 908. The van der Waals surface area contributed by atoms with Crippen LogP contribution in [-0.4, -0.2) is 34.4 Å². The summed E-state index contributed by atoms with van der Waals surface area (Å²) in [5, 5.41) is 9.63. The second kappa shape index (κ2) is 8.64. The van der Waals surface area contributed by atoms with Crippen molar-refractivity contribution in [2.45, 2.75) is 32.4 Å². The summed E-state index contributed by atoms with van der Waals surface area (Å²) in [7, 11) is -1.21. The van der Waals surface area contributed by atoms with Crippen molar-refractivity contribution in [2.75, 3.05) is 12.1 Å². The summed E-state index contributed by atoms with van der Waals surface area (Å²) in [6.45, 7) is 7.76. The lowest BCUT2D eigenvalue weighted by Crippen LogP contribution is -2.22. The van der Waals surface area contributed by atoms with Crippen LogP contribution in [0, 0.1) is 5.82 Å². The highest BCUT2D eigenvalue weighted by Crippen LogP contribution is 2.34. The second-order valence-corrected chi connectivity index (χ2v) is 13.4. The number of nitrogens with zero attached hydrogens (tertiary/aromatic N) is 3. The molecular weight excluding hydrogens is 375 g/mol. The fraction of sp³-hybridized carbons (Fsp3) is 0.300. The van der Waals surface area contributed by atoms with Gasteiger partial charge in [-0.2, -0.15) is 0 Å². The van der Waals surface area contributed by atoms with Gasteiger partial charge in [-0.25, -0.2) is 14.9 Å². The zero-order valence-corrected chi connectivity index (χ0v) is 17.3. The van der Waals surface area contributed by atoms with Crippen molar-refractivity contribution >= 4 is 14.0 Å². The molecule has 3 rings (SSSR count). The van der Waals surface area contributed by atoms with E-state index in [1.54, 1.807) is 29.1 Å². The summed E-state index contributed by atoms with van der Waals surface area (Å²) < 4.78 is 21.1. The Labute approximate surface area is 165 Å². The van der Waals surface area contributed by atoms with Crippen LogP contribution in [0.5, 0.6) is 0 Å². The molecular formula is C20H25FN4O2Si. The van der Waals surface area contributed by atoms with Gasteiger partial charge in [-0.1, -0.05) is 19.6 Å². The number of aromatic nitrogens is 3. The fourth-order valence-corrected chi connectivity index (χ4v) is 3.57. The van der Waals surface area contributed by atoms with Crippen LogP contribution in [0.1, 0.15) is 0 Å². The molecule has 6 nitrogen and oxygen atoms in total. The minimum atomic E-state index is -1.21. The Morgan fingerprint density at radius 2 is 1.75 bits per heavy atom. The van der Waals surface area contributed by atoms with Crippen LogP contribution in [-0.2, 0) is 11.5 Å². The van der Waals surface area contributed by atoms with Gasteiger partial charge in [0.2, 0.25) is 5.95 Å². The van der Waals surface area contributed by atoms with E-state index >= 15 is 0 Å². The van der Waals surface area contributed by atoms with E-state index in [0.717, 1.165) is 22.9 Å². The van der Waals surface area contributed by atoms with Crippen molar-refractivity contribution in [3.8, 4) is 22.5 Å². The van der Waals surface area contributed by atoms with Crippen LogP contribution in [0.3, 0.4) is 0 Å². The zero-order valence-electron chi connectivity index (χ0n) is 16.3. The van der Waals surface area contributed by atoms with E-state index in [4.69, 9.17) is 4.74 Å². The van der Waals surface area contributed by atoms with Crippen molar-refractivity contribution in [1.82, 2.24) is 14.5 Å². The lowest BCUT2D eigenvalue weighted by atomic mass is 10.1. The maximum absolute atomic E-state index is 13.4. The highest BCUT2D eigenvalue weighted by molar-refractivity contribution is 6.76. The molecule has 2 N–H and O–H groups in total. The molecule has 0 aliphatic carbocycles. The smallest absolute Gasteiger partial charge is 0.230 e. The number of anilines is 1. The van der Waals surface area contributed by atoms with E-state index in [1.165, 1.54) is 12.1 Å². The Hall–Kier alpha value is -2.55. The first-order valence-corrected chi connectivity index (χ1v) is 12.8. The second-order valence-electron chi connectivity index (χ2n) is 7.76. The molecule has 8 heteroatoms. The number of benzene rings is 1. The molecule has 0 fully saturated rings. The van der Waals surface area contributed by atoms with Crippen molar-refractivity contribution in [3.63, 3.8) is 0 Å². The van der Waals surface area contributed by atoms with Gasteiger partial charge >= 0.3 is 0 Å². The molecule has 0 aliphatic heterocycles. The number of nitrogens with one attached hydrogen (secondary N) is 1. The molecule has 0 unspecified atom stereocenters. The number of halogens is 1. The maximum Gasteiger partial charge on any atom is 0.230 e. The van der Waals surface area contributed by atoms with E-state index in [0.29, 0.717) is 12.3 Å². The number of rotatable bonds is 8. The van der Waals surface area contributed by atoms with E-state index in [9.17, 15) is 9.60 Å². The zero-order chi connectivity index (χ0) is 20.1.